The van der Waals surface area contributed by atoms with E-state index >= 15 is 0 Å². The number of nitrogens with zero attached hydrogens (tertiary/aromatic N) is 3. The van der Waals surface area contributed by atoms with Crippen LogP contribution in [0.2, 0.25) is 0 Å². The van der Waals surface area contributed by atoms with E-state index < -0.39 is 0 Å². The van der Waals surface area contributed by atoms with Crippen molar-refractivity contribution in [3.05, 3.63) is 54.0 Å². The Labute approximate surface area is 112 Å². The van der Waals surface area contributed by atoms with E-state index in [0.717, 1.165) is 5.65 Å². The molecule has 6 heteroatoms. The van der Waals surface area contributed by atoms with Crippen molar-refractivity contribution in [3.63, 3.8) is 0 Å². The largest absolute Gasteiger partial charge is 0.392 e. The van der Waals surface area contributed by atoms with Gasteiger partial charge in [-0.3, -0.25) is 4.40 Å². The zero-order valence-corrected chi connectivity index (χ0v) is 10.6. The Balaban J connectivity index is 1.99. The van der Waals surface area contributed by atoms with Crippen molar-refractivity contribution in [1.29, 1.82) is 0 Å². The van der Waals surface area contributed by atoms with Gasteiger partial charge in [0.15, 0.2) is 10.8 Å². The van der Waals surface area contributed by atoms with Gasteiger partial charge >= 0.3 is 0 Å². The van der Waals surface area contributed by atoms with Gasteiger partial charge in [0, 0.05) is 11.1 Å². The summed E-state index contributed by atoms with van der Waals surface area (Å²) in [6.45, 7) is -0.189. The molecule has 0 bridgehead atoms. The van der Waals surface area contributed by atoms with Crippen molar-refractivity contribution in [2.24, 2.45) is 0 Å². The van der Waals surface area contributed by atoms with Crippen LogP contribution in [-0.4, -0.2) is 19.7 Å². The summed E-state index contributed by atoms with van der Waals surface area (Å²) < 4.78 is 15.2. The number of hydrogen-bond acceptors (Lipinski definition) is 4. The van der Waals surface area contributed by atoms with Crippen LogP contribution in [0, 0.1) is 5.82 Å². The van der Waals surface area contributed by atoms with Crippen LogP contribution in [0.5, 0.6) is 0 Å². The maximum atomic E-state index is 13.4. The van der Waals surface area contributed by atoms with Crippen LogP contribution in [0.25, 0.3) is 5.65 Å². The third-order valence-electron chi connectivity index (χ3n) is 2.61. The van der Waals surface area contributed by atoms with E-state index in [4.69, 9.17) is 5.11 Å². The Hall–Kier alpha value is -1.92. The first-order valence-electron chi connectivity index (χ1n) is 5.64. The zero-order chi connectivity index (χ0) is 13.2. The van der Waals surface area contributed by atoms with Gasteiger partial charge in [-0.15, -0.1) is 10.2 Å². The molecule has 2 aromatic heterocycles. The number of halogens is 1. The van der Waals surface area contributed by atoms with Gasteiger partial charge in [0.1, 0.15) is 5.82 Å². The highest BCUT2D eigenvalue weighted by Gasteiger charge is 2.08. The minimum Gasteiger partial charge on any atom is -0.392 e. The molecule has 0 amide bonds. The average Bonchev–Trinajstić information content (AvgIpc) is 2.82. The van der Waals surface area contributed by atoms with Crippen molar-refractivity contribution < 1.29 is 9.50 Å². The maximum absolute atomic E-state index is 13.4. The number of benzene rings is 1. The topological polar surface area (TPSA) is 50.4 Å². The predicted octanol–water partition coefficient (Wildman–Crippen LogP) is 2.51. The molecule has 0 spiro atoms. The fraction of sp³-hybridized carbons (Fsp3) is 0.0769. The number of aromatic nitrogens is 3. The minimum atomic E-state index is -0.372. The number of fused-ring (bicyclic) bond motifs is 1. The smallest absolute Gasteiger partial charge is 0.200 e. The summed E-state index contributed by atoms with van der Waals surface area (Å²) in [7, 11) is 0. The fourth-order valence-electron chi connectivity index (χ4n) is 1.77. The maximum Gasteiger partial charge on any atom is 0.200 e. The first-order chi connectivity index (χ1) is 9.26. The summed E-state index contributed by atoms with van der Waals surface area (Å²) in [4.78, 5) is 0.683. The van der Waals surface area contributed by atoms with Gasteiger partial charge in [0.2, 0.25) is 0 Å². The summed E-state index contributed by atoms with van der Waals surface area (Å²) in [6, 6.07) is 10.1. The van der Waals surface area contributed by atoms with Crippen LogP contribution >= 0.6 is 11.8 Å². The highest BCUT2D eigenvalue weighted by Crippen LogP contribution is 2.28. The number of hydrogen-bond donors (Lipinski definition) is 1. The molecule has 0 unspecified atom stereocenters. The Morgan fingerprint density at radius 3 is 2.95 bits per heavy atom. The molecule has 3 aromatic rings. The molecule has 2 heterocycles. The first kappa shape index (κ1) is 12.1. The van der Waals surface area contributed by atoms with Crippen LogP contribution in [0.15, 0.2) is 52.6 Å². The second kappa shape index (κ2) is 4.99. The fourth-order valence-corrected chi connectivity index (χ4v) is 2.69. The summed E-state index contributed by atoms with van der Waals surface area (Å²) in [5, 5.41) is 17.8. The third kappa shape index (κ3) is 2.45. The molecule has 0 aliphatic heterocycles. The average molecular weight is 275 g/mol. The van der Waals surface area contributed by atoms with Gasteiger partial charge in [-0.1, -0.05) is 6.07 Å². The number of pyridine rings is 1. The van der Waals surface area contributed by atoms with E-state index in [1.54, 1.807) is 6.07 Å². The summed E-state index contributed by atoms with van der Waals surface area (Å²) in [5.74, 6) is -0.372. The molecule has 0 aliphatic carbocycles. The van der Waals surface area contributed by atoms with E-state index in [0.29, 0.717) is 15.6 Å². The Bertz CT molecular complexity index is 729. The molecule has 0 saturated heterocycles. The number of rotatable bonds is 3. The molecule has 19 heavy (non-hydrogen) atoms. The standard InChI is InChI=1S/C13H10FN3OS/c14-10-5-9(8-18)6-11(7-10)19-13-16-15-12-3-1-2-4-17(12)13/h1-7,18H,8H2. The Morgan fingerprint density at radius 2 is 2.11 bits per heavy atom. The molecule has 0 aliphatic rings. The lowest BCUT2D eigenvalue weighted by atomic mass is 10.2. The van der Waals surface area contributed by atoms with E-state index in [9.17, 15) is 4.39 Å². The highest BCUT2D eigenvalue weighted by atomic mass is 32.2. The van der Waals surface area contributed by atoms with Crippen LogP contribution in [0.4, 0.5) is 4.39 Å². The molecule has 4 nitrogen and oxygen atoms in total. The van der Waals surface area contributed by atoms with Crippen molar-refractivity contribution in [3.8, 4) is 0 Å². The molecular weight excluding hydrogens is 265 g/mol. The summed E-state index contributed by atoms with van der Waals surface area (Å²) in [6.07, 6.45) is 1.85. The predicted molar refractivity (Wildman–Crippen MR) is 69.4 cm³/mol. The molecule has 3 rings (SSSR count). The van der Waals surface area contributed by atoms with E-state index in [1.807, 2.05) is 28.8 Å². The highest BCUT2D eigenvalue weighted by molar-refractivity contribution is 7.99. The van der Waals surface area contributed by atoms with Crippen LogP contribution in [0.1, 0.15) is 5.56 Å². The van der Waals surface area contributed by atoms with E-state index in [-0.39, 0.29) is 12.4 Å². The lowest BCUT2D eigenvalue weighted by molar-refractivity contribution is 0.281. The van der Waals surface area contributed by atoms with E-state index in [1.165, 1.54) is 23.9 Å². The molecule has 0 saturated carbocycles. The minimum absolute atomic E-state index is 0.189. The van der Waals surface area contributed by atoms with Gasteiger partial charge < -0.3 is 5.11 Å². The van der Waals surface area contributed by atoms with Gasteiger partial charge in [-0.05, 0) is 47.7 Å². The second-order valence-corrected chi connectivity index (χ2v) is 5.01. The normalized spacial score (nSPS) is 11.1. The van der Waals surface area contributed by atoms with Crippen molar-refractivity contribution in [2.75, 3.05) is 0 Å². The van der Waals surface area contributed by atoms with Crippen molar-refractivity contribution >= 4 is 17.4 Å². The monoisotopic (exact) mass is 275 g/mol. The first-order valence-corrected chi connectivity index (χ1v) is 6.46. The zero-order valence-electron chi connectivity index (χ0n) is 9.82. The lowest BCUT2D eigenvalue weighted by Crippen LogP contribution is -1.89. The van der Waals surface area contributed by atoms with Gasteiger partial charge in [-0.25, -0.2) is 4.39 Å². The van der Waals surface area contributed by atoms with Crippen LogP contribution in [-0.2, 0) is 6.61 Å². The number of aliphatic hydroxyl groups excluding tert-OH is 1. The SMILES string of the molecule is OCc1cc(F)cc(Sc2nnc3ccccn23)c1. The molecule has 1 aromatic carbocycles. The second-order valence-electron chi connectivity index (χ2n) is 3.97. The molecule has 0 atom stereocenters. The molecule has 1 N–H and O–H groups in total. The lowest BCUT2D eigenvalue weighted by Gasteiger charge is -2.03. The molecule has 0 fully saturated rings. The van der Waals surface area contributed by atoms with Gasteiger partial charge in [0.25, 0.3) is 0 Å². The van der Waals surface area contributed by atoms with Crippen LogP contribution in [0.3, 0.4) is 0 Å². The third-order valence-corrected chi connectivity index (χ3v) is 3.54. The van der Waals surface area contributed by atoms with Gasteiger partial charge in [-0.2, -0.15) is 0 Å². The van der Waals surface area contributed by atoms with Crippen molar-refractivity contribution in [1.82, 2.24) is 14.6 Å². The Kier molecular flexibility index (Phi) is 3.18. The Morgan fingerprint density at radius 1 is 1.21 bits per heavy atom. The van der Waals surface area contributed by atoms with Crippen molar-refractivity contribution in [2.45, 2.75) is 16.7 Å². The molecule has 96 valence electrons. The van der Waals surface area contributed by atoms with E-state index in [2.05, 4.69) is 10.2 Å². The van der Waals surface area contributed by atoms with Crippen LogP contribution < -0.4 is 0 Å². The quantitative estimate of drug-likeness (QED) is 0.798. The summed E-state index contributed by atoms with van der Waals surface area (Å²) in [5.41, 5.74) is 1.28. The summed E-state index contributed by atoms with van der Waals surface area (Å²) >= 11 is 1.31. The van der Waals surface area contributed by atoms with Gasteiger partial charge in [0.05, 0.1) is 6.61 Å². The number of aliphatic hydroxyl groups is 1. The molecule has 0 radical (unpaired) electrons. The molecular formula is C13H10FN3OS.